The number of nitrogens with zero attached hydrogens (tertiary/aromatic N) is 5. The zero-order chi connectivity index (χ0) is 28.3. The minimum absolute atomic E-state index is 0.00512. The van der Waals surface area contributed by atoms with E-state index < -0.39 is 10.0 Å². The number of carbonyl (C=O) groups excluding carboxylic acids is 1. The third-order valence-electron chi connectivity index (χ3n) is 8.58. The standard InChI is InChI=1S/C29H41N7O3S/c1-3-21(22-7-9-23(10-8-22)33-40(2,38)39)19-27-31-13-11-28(32-27)36-14-12-24-25(5-4-6-26(24)36)34-15-17-35(18-16-34)29(37)20-30/h4-6,11-14,21-23,33H,3,7-10,15-20,30H2,1-2H3. The van der Waals surface area contributed by atoms with E-state index in [2.05, 4.69) is 56.6 Å². The van der Waals surface area contributed by atoms with Gasteiger partial charge in [-0.05, 0) is 61.8 Å². The number of amides is 1. The van der Waals surface area contributed by atoms with Crippen LogP contribution in [0.2, 0.25) is 0 Å². The molecule has 216 valence electrons. The normalized spacial score (nSPS) is 21.1. The molecule has 1 saturated carbocycles. The predicted molar refractivity (Wildman–Crippen MR) is 158 cm³/mol. The minimum atomic E-state index is -3.17. The molecule has 5 rings (SSSR count). The van der Waals surface area contributed by atoms with E-state index in [1.54, 1.807) is 0 Å². The molecule has 0 bridgehead atoms. The van der Waals surface area contributed by atoms with E-state index in [0.717, 1.165) is 79.8 Å². The lowest BCUT2D eigenvalue weighted by Crippen LogP contribution is -2.50. The first kappa shape index (κ1) is 28.5. The van der Waals surface area contributed by atoms with Crippen LogP contribution in [0.25, 0.3) is 16.7 Å². The molecular weight excluding hydrogens is 526 g/mol. The Kier molecular flexibility index (Phi) is 8.72. The molecule has 10 nitrogen and oxygen atoms in total. The molecule has 3 heterocycles. The number of sulfonamides is 1. The van der Waals surface area contributed by atoms with Gasteiger partial charge < -0.3 is 20.1 Å². The number of piperazine rings is 1. The maximum atomic E-state index is 12.0. The first-order valence-electron chi connectivity index (χ1n) is 14.4. The lowest BCUT2D eigenvalue weighted by molar-refractivity contribution is -0.129. The van der Waals surface area contributed by atoms with Gasteiger partial charge in [0.1, 0.15) is 11.6 Å². The van der Waals surface area contributed by atoms with Crippen LogP contribution in [-0.4, -0.2) is 78.8 Å². The number of nitrogens with two attached hydrogens (primary N) is 1. The molecule has 1 aliphatic carbocycles. The molecule has 1 unspecified atom stereocenters. The van der Waals surface area contributed by atoms with Crippen molar-refractivity contribution in [3.05, 3.63) is 48.5 Å². The summed E-state index contributed by atoms with van der Waals surface area (Å²) in [7, 11) is -3.17. The molecule has 3 N–H and O–H groups in total. The van der Waals surface area contributed by atoms with Crippen molar-refractivity contribution in [2.75, 3.05) is 43.9 Å². The highest BCUT2D eigenvalue weighted by Gasteiger charge is 2.29. The maximum Gasteiger partial charge on any atom is 0.236 e. The second kappa shape index (κ2) is 12.2. The van der Waals surface area contributed by atoms with E-state index in [-0.39, 0.29) is 18.5 Å². The molecule has 1 atom stereocenters. The number of benzene rings is 1. The fourth-order valence-corrected chi connectivity index (χ4v) is 7.30. The van der Waals surface area contributed by atoms with Gasteiger partial charge in [-0.2, -0.15) is 0 Å². The first-order valence-corrected chi connectivity index (χ1v) is 16.3. The monoisotopic (exact) mass is 567 g/mol. The van der Waals surface area contributed by atoms with Crippen LogP contribution >= 0.6 is 0 Å². The van der Waals surface area contributed by atoms with Crippen molar-refractivity contribution >= 4 is 32.5 Å². The van der Waals surface area contributed by atoms with Gasteiger partial charge in [-0.25, -0.2) is 23.1 Å². The molecule has 40 heavy (non-hydrogen) atoms. The summed E-state index contributed by atoms with van der Waals surface area (Å²) < 4.78 is 28.1. The number of hydrogen-bond acceptors (Lipinski definition) is 7. The average Bonchev–Trinajstić information content (AvgIpc) is 3.40. The van der Waals surface area contributed by atoms with Crippen LogP contribution in [0, 0.1) is 11.8 Å². The number of anilines is 1. The van der Waals surface area contributed by atoms with Gasteiger partial charge in [0.25, 0.3) is 0 Å². The number of rotatable bonds is 9. The molecule has 2 aromatic heterocycles. The van der Waals surface area contributed by atoms with Crippen molar-refractivity contribution in [1.29, 1.82) is 0 Å². The smallest absolute Gasteiger partial charge is 0.236 e. The second-order valence-corrected chi connectivity index (χ2v) is 13.0. The molecule has 1 aromatic carbocycles. The molecule has 0 spiro atoms. The molecule has 2 fully saturated rings. The van der Waals surface area contributed by atoms with E-state index in [1.165, 1.54) is 6.26 Å². The van der Waals surface area contributed by atoms with Gasteiger partial charge in [0.05, 0.1) is 18.3 Å². The van der Waals surface area contributed by atoms with Crippen molar-refractivity contribution in [3.63, 3.8) is 0 Å². The lowest BCUT2D eigenvalue weighted by atomic mass is 9.76. The van der Waals surface area contributed by atoms with Crippen molar-refractivity contribution in [2.24, 2.45) is 17.6 Å². The summed E-state index contributed by atoms with van der Waals surface area (Å²) in [6.45, 7) is 5.19. The van der Waals surface area contributed by atoms with Gasteiger partial charge in [0, 0.05) is 62.1 Å². The SMILES string of the molecule is CCC(Cc1nccc(-n2ccc3c(N4CCN(C(=O)CN)CC4)cccc32)n1)C1CCC(NS(C)(=O)=O)CC1. The van der Waals surface area contributed by atoms with Crippen LogP contribution in [0.1, 0.15) is 44.9 Å². The molecule has 11 heteroatoms. The van der Waals surface area contributed by atoms with Crippen molar-refractivity contribution in [1.82, 2.24) is 24.2 Å². The fourth-order valence-electron chi connectivity index (χ4n) is 6.46. The van der Waals surface area contributed by atoms with Crippen LogP contribution in [0.4, 0.5) is 5.69 Å². The Hall–Kier alpha value is -3.02. The fraction of sp³-hybridized carbons (Fsp3) is 0.552. The highest BCUT2D eigenvalue weighted by atomic mass is 32.2. The van der Waals surface area contributed by atoms with Crippen molar-refractivity contribution in [3.8, 4) is 5.82 Å². The van der Waals surface area contributed by atoms with Gasteiger partial charge in [-0.15, -0.1) is 0 Å². The molecular formula is C29H41N7O3S. The first-order chi connectivity index (χ1) is 19.3. The molecule has 2 aliphatic rings. The zero-order valence-electron chi connectivity index (χ0n) is 23.5. The summed E-state index contributed by atoms with van der Waals surface area (Å²) >= 11 is 0. The largest absolute Gasteiger partial charge is 0.367 e. The van der Waals surface area contributed by atoms with Crippen LogP contribution in [-0.2, 0) is 21.2 Å². The zero-order valence-corrected chi connectivity index (χ0v) is 24.3. The quantitative estimate of drug-likeness (QED) is 0.407. The van der Waals surface area contributed by atoms with Gasteiger partial charge in [-0.1, -0.05) is 19.4 Å². The average molecular weight is 568 g/mol. The minimum Gasteiger partial charge on any atom is -0.367 e. The molecule has 3 aromatic rings. The van der Waals surface area contributed by atoms with Crippen LogP contribution in [0.5, 0.6) is 0 Å². The van der Waals surface area contributed by atoms with E-state index in [1.807, 2.05) is 17.2 Å². The Morgan fingerprint density at radius 2 is 1.85 bits per heavy atom. The number of nitrogens with one attached hydrogen (secondary N) is 1. The van der Waals surface area contributed by atoms with Crippen molar-refractivity contribution in [2.45, 2.75) is 51.5 Å². The number of carbonyl (C=O) groups is 1. The summed E-state index contributed by atoms with van der Waals surface area (Å²) in [5.74, 6) is 2.72. The number of hydrogen-bond donors (Lipinski definition) is 2. The topological polar surface area (TPSA) is 126 Å². The molecule has 1 amide bonds. The number of fused-ring (bicyclic) bond motifs is 1. The third kappa shape index (κ3) is 6.47. The molecule has 0 radical (unpaired) electrons. The Morgan fingerprint density at radius 1 is 1.10 bits per heavy atom. The van der Waals surface area contributed by atoms with Gasteiger partial charge in [-0.3, -0.25) is 4.79 Å². The highest BCUT2D eigenvalue weighted by Crippen LogP contribution is 2.34. The Bertz CT molecular complexity index is 1420. The Morgan fingerprint density at radius 3 is 2.52 bits per heavy atom. The molecule has 1 saturated heterocycles. The van der Waals surface area contributed by atoms with Crippen molar-refractivity contribution < 1.29 is 13.2 Å². The Labute approximate surface area is 237 Å². The van der Waals surface area contributed by atoms with Gasteiger partial charge >= 0.3 is 0 Å². The highest BCUT2D eigenvalue weighted by molar-refractivity contribution is 7.88. The number of aromatic nitrogens is 3. The second-order valence-electron chi connectivity index (χ2n) is 11.2. The van der Waals surface area contributed by atoms with Crippen LogP contribution in [0.15, 0.2) is 42.7 Å². The predicted octanol–water partition coefficient (Wildman–Crippen LogP) is 2.70. The van der Waals surface area contributed by atoms with E-state index >= 15 is 0 Å². The van der Waals surface area contributed by atoms with Crippen LogP contribution < -0.4 is 15.4 Å². The summed E-state index contributed by atoms with van der Waals surface area (Å²) in [5.41, 5.74) is 7.80. The molecule has 1 aliphatic heterocycles. The van der Waals surface area contributed by atoms with Gasteiger partial charge in [0.2, 0.25) is 15.9 Å². The summed E-state index contributed by atoms with van der Waals surface area (Å²) in [6, 6.07) is 10.5. The summed E-state index contributed by atoms with van der Waals surface area (Å²) in [5, 5.41) is 1.16. The van der Waals surface area contributed by atoms with E-state index in [9.17, 15) is 13.2 Å². The summed E-state index contributed by atoms with van der Waals surface area (Å²) in [6.07, 6.45) is 10.8. The maximum absolute atomic E-state index is 12.0. The Balaban J connectivity index is 1.29. The van der Waals surface area contributed by atoms with Gasteiger partial charge in [0.15, 0.2) is 0 Å². The van der Waals surface area contributed by atoms with Crippen LogP contribution in [0.3, 0.4) is 0 Å². The lowest BCUT2D eigenvalue weighted by Gasteiger charge is -2.36. The van der Waals surface area contributed by atoms with E-state index in [0.29, 0.717) is 24.9 Å². The van der Waals surface area contributed by atoms with E-state index in [4.69, 9.17) is 10.7 Å². The third-order valence-corrected chi connectivity index (χ3v) is 9.35. The summed E-state index contributed by atoms with van der Waals surface area (Å²) in [4.78, 5) is 25.8.